The second kappa shape index (κ2) is 15.4. The standard InChI is InChI=1S/C33H31GeN2O.C17H17FN.Ir/c1-21-16-25(24-12-14-34(3,4)15-13-24)9-11-26(21)30-18-31(36-20-22(30)2)29-7-5-6-28-27-10-8-23(19-35)17-32(27)37-33(28)29;1-16(2)13-6-5-9-19-15(13)12-8-7-11(18)10-14(12)17(16,3)4;/h5-6,8-11,16-18,20,24H,12-15H2,1-4H3;5-7,9-10H,1-4H3;/q2*-1;/i1D3,2D3,11D,24D;;. The van der Waals surface area contributed by atoms with Gasteiger partial charge in [-0.1, -0.05) is 50.8 Å². The summed E-state index contributed by atoms with van der Waals surface area (Å²) in [5, 5.41) is 12.9. The second-order valence-electron chi connectivity index (χ2n) is 16.8. The molecular weight excluding hydrogens is 942 g/mol. The van der Waals surface area contributed by atoms with Crippen molar-refractivity contribution in [2.75, 3.05) is 0 Å². The summed E-state index contributed by atoms with van der Waals surface area (Å²) in [5.41, 5.74) is 6.08. The molecule has 4 nitrogen and oxygen atoms in total. The number of halogens is 1. The van der Waals surface area contributed by atoms with Gasteiger partial charge in [-0.05, 0) is 34.7 Å². The monoisotopic (exact) mass is 1000 g/mol. The number of furan rings is 1. The molecule has 1 fully saturated rings. The van der Waals surface area contributed by atoms with E-state index in [9.17, 15) is 11.0 Å². The van der Waals surface area contributed by atoms with Gasteiger partial charge in [-0.25, -0.2) is 0 Å². The molecule has 0 N–H and O–H groups in total. The number of fused-ring (bicyclic) bond motifs is 6. The molecule has 3 aromatic heterocycles. The molecule has 1 radical (unpaired) electrons. The van der Waals surface area contributed by atoms with Gasteiger partial charge in [0, 0.05) is 37.5 Å². The number of benzene rings is 4. The smallest absolute Gasteiger partial charge is 0 e. The van der Waals surface area contributed by atoms with E-state index in [-0.39, 0.29) is 65.0 Å². The Labute approximate surface area is 363 Å². The SMILES string of the molecule is CC1(C)c2cc(F)c[c-]c2-c2ncccc2C1(C)C.[2H]c1cc(C2([2H])C[CH2][Ge]([CH3])([CH3])[CH2]C2)cc(C([2H])([2H])[2H])c1-c1cc(-c2[c-]ccc3c2oc2cc(C#N)ccc23)ncc1C([2H])([2H])[2H].[Ir]. The fraction of sp³-hybridized carbons (Fsp3) is 0.300. The van der Waals surface area contributed by atoms with E-state index in [0.717, 1.165) is 38.1 Å². The predicted molar refractivity (Wildman–Crippen MR) is 229 cm³/mol. The zero-order valence-corrected chi connectivity index (χ0v) is 37.4. The Morgan fingerprint density at radius 1 is 0.912 bits per heavy atom. The maximum Gasteiger partial charge on any atom is 0 e. The molecule has 4 aromatic carbocycles. The molecule has 4 heterocycles. The average molecular weight is 999 g/mol. The molecule has 2 aliphatic rings. The minimum atomic E-state index is -2.68. The van der Waals surface area contributed by atoms with Gasteiger partial charge in [0.1, 0.15) is 5.58 Å². The normalized spacial score (nSPS) is 19.5. The van der Waals surface area contributed by atoms with E-state index >= 15 is 0 Å². The Bertz CT molecular complexity index is 3030. The number of nitriles is 1. The van der Waals surface area contributed by atoms with Gasteiger partial charge >= 0.3 is 165 Å². The molecule has 7 heteroatoms. The summed E-state index contributed by atoms with van der Waals surface area (Å²) in [7, 11) is 0. The van der Waals surface area contributed by atoms with Crippen LogP contribution in [0, 0.1) is 43.0 Å². The fourth-order valence-corrected chi connectivity index (χ4v) is 12.8. The van der Waals surface area contributed by atoms with E-state index < -0.39 is 32.9 Å². The van der Waals surface area contributed by atoms with Crippen LogP contribution in [-0.4, -0.2) is 23.2 Å². The summed E-state index contributed by atoms with van der Waals surface area (Å²) in [6.07, 6.45) is 4.23. The average Bonchev–Trinajstić information content (AvgIpc) is 3.61. The molecule has 1 aliphatic heterocycles. The van der Waals surface area contributed by atoms with E-state index in [1.807, 2.05) is 12.1 Å². The van der Waals surface area contributed by atoms with Gasteiger partial charge in [0.2, 0.25) is 0 Å². The Morgan fingerprint density at radius 3 is 2.44 bits per heavy atom. The first-order valence-corrected chi connectivity index (χ1v) is 26.1. The van der Waals surface area contributed by atoms with Crippen molar-refractivity contribution < 1.29 is 39.9 Å². The molecular formula is C50H48FGeIrN3O-2. The molecule has 0 spiro atoms. The largest absolute Gasteiger partial charge is 0 e. The van der Waals surface area contributed by atoms with Crippen molar-refractivity contribution in [2.45, 2.75) is 93.0 Å². The molecule has 0 amide bonds. The van der Waals surface area contributed by atoms with Crippen LogP contribution in [0.15, 0.2) is 95.6 Å². The van der Waals surface area contributed by atoms with E-state index in [1.54, 1.807) is 42.6 Å². The Balaban J connectivity index is 0.000000262. The first kappa shape index (κ1) is 31.6. The predicted octanol–water partition coefficient (Wildman–Crippen LogP) is 13.4. The fourth-order valence-electron chi connectivity index (χ4n) is 8.18. The van der Waals surface area contributed by atoms with Crippen LogP contribution in [0.25, 0.3) is 55.6 Å². The summed E-state index contributed by atoms with van der Waals surface area (Å²) in [6.45, 7) is 3.38. The van der Waals surface area contributed by atoms with Gasteiger partial charge < -0.3 is 9.40 Å². The molecule has 7 aromatic rings. The van der Waals surface area contributed by atoms with Crippen LogP contribution >= 0.6 is 0 Å². The van der Waals surface area contributed by atoms with Crippen molar-refractivity contribution in [1.29, 1.82) is 5.26 Å². The summed E-state index contributed by atoms with van der Waals surface area (Å²) in [6, 6.07) is 28.5. The number of aryl methyl sites for hydroxylation is 2. The van der Waals surface area contributed by atoms with Crippen molar-refractivity contribution in [2.24, 2.45) is 0 Å². The Hall–Kier alpha value is -4.41. The molecule has 0 saturated carbocycles. The van der Waals surface area contributed by atoms with Gasteiger partial charge in [0.05, 0.1) is 11.6 Å². The molecule has 0 bridgehead atoms. The summed E-state index contributed by atoms with van der Waals surface area (Å²) in [5.74, 6) is 3.46. The van der Waals surface area contributed by atoms with Gasteiger partial charge in [0.25, 0.3) is 0 Å². The van der Waals surface area contributed by atoms with Crippen molar-refractivity contribution >= 4 is 35.2 Å². The zero-order valence-electron chi connectivity index (χ0n) is 40.9. The number of aromatic nitrogens is 2. The van der Waals surface area contributed by atoms with Crippen molar-refractivity contribution in [1.82, 2.24) is 9.97 Å². The maximum atomic E-state index is 13.6. The number of hydrogen-bond donors (Lipinski definition) is 0. The van der Waals surface area contributed by atoms with Gasteiger partial charge in [-0.15, -0.1) is 41.5 Å². The van der Waals surface area contributed by atoms with Crippen LogP contribution in [0.3, 0.4) is 0 Å². The van der Waals surface area contributed by atoms with Crippen LogP contribution in [0.2, 0.25) is 22.0 Å². The van der Waals surface area contributed by atoms with Gasteiger partial charge in [-0.3, -0.25) is 4.39 Å². The van der Waals surface area contributed by atoms with Crippen LogP contribution in [-0.2, 0) is 30.9 Å². The zero-order chi connectivity index (χ0) is 46.4. The first-order chi connectivity index (χ1) is 29.9. The van der Waals surface area contributed by atoms with Crippen LogP contribution < -0.4 is 0 Å². The third kappa shape index (κ3) is 7.33. The molecule has 0 unspecified atom stereocenters. The molecule has 1 saturated heterocycles. The number of pyridine rings is 2. The molecule has 57 heavy (non-hydrogen) atoms. The Kier molecular flexibility index (Phi) is 8.53. The second-order valence-corrected chi connectivity index (χ2v) is 28.0. The topological polar surface area (TPSA) is 62.7 Å². The number of rotatable bonds is 3. The van der Waals surface area contributed by atoms with Gasteiger partial charge in [-0.2, -0.15) is 5.26 Å². The number of hydrogen-bond acceptors (Lipinski definition) is 4. The van der Waals surface area contributed by atoms with E-state index in [1.165, 1.54) is 30.0 Å². The minimum Gasteiger partial charge on any atom is 0 e. The van der Waals surface area contributed by atoms with Gasteiger partial charge in [0.15, 0.2) is 0 Å². The number of nitrogens with zero attached hydrogens (tertiary/aromatic N) is 3. The maximum absolute atomic E-state index is 13.6. The summed E-state index contributed by atoms with van der Waals surface area (Å²) < 4.78 is 88.3. The van der Waals surface area contributed by atoms with Crippen molar-refractivity contribution in [3.05, 3.63) is 143 Å². The quantitative estimate of drug-likeness (QED) is 0.131. The summed E-state index contributed by atoms with van der Waals surface area (Å²) >= 11 is -1.94. The Morgan fingerprint density at radius 2 is 1.68 bits per heavy atom. The molecule has 291 valence electrons. The van der Waals surface area contributed by atoms with Crippen molar-refractivity contribution in [3.63, 3.8) is 0 Å². The molecule has 1 aliphatic carbocycles. The third-order valence-electron chi connectivity index (χ3n) is 12.4. The van der Waals surface area contributed by atoms with Crippen LogP contribution in [0.1, 0.15) is 90.8 Å². The van der Waals surface area contributed by atoms with Crippen LogP contribution in [0.4, 0.5) is 4.39 Å². The third-order valence-corrected chi connectivity index (χ3v) is 19.1. The first-order valence-electron chi connectivity index (χ1n) is 23.0. The van der Waals surface area contributed by atoms with E-state index in [4.69, 9.17) is 14.0 Å². The van der Waals surface area contributed by atoms with E-state index in [0.29, 0.717) is 46.4 Å². The van der Waals surface area contributed by atoms with E-state index in [2.05, 4.69) is 73.4 Å². The molecule has 0 atom stereocenters. The molecule has 9 rings (SSSR count). The van der Waals surface area contributed by atoms with Crippen molar-refractivity contribution in [3.8, 4) is 39.7 Å². The van der Waals surface area contributed by atoms with Crippen LogP contribution in [0.5, 0.6) is 0 Å². The minimum absolute atomic E-state index is 0. The summed E-state index contributed by atoms with van der Waals surface area (Å²) in [4.78, 5) is 8.96.